The van der Waals surface area contributed by atoms with Crippen molar-refractivity contribution in [1.82, 2.24) is 4.98 Å². The first-order valence-corrected chi connectivity index (χ1v) is 9.80. The first-order chi connectivity index (χ1) is 11.4. The Bertz CT molecular complexity index is 438. The van der Waals surface area contributed by atoms with E-state index in [9.17, 15) is 0 Å². The van der Waals surface area contributed by atoms with Gasteiger partial charge in [0.25, 0.3) is 5.89 Å². The Balaban J connectivity index is 2.08. The molecule has 0 saturated carbocycles. The van der Waals surface area contributed by atoms with Crippen LogP contribution in [0, 0.1) is 11.8 Å². The molecular weight excluding hydrogens is 282 g/mol. The summed E-state index contributed by atoms with van der Waals surface area (Å²) < 4.78 is 5.69. The Morgan fingerprint density at radius 2 is 1.43 bits per heavy atom. The number of oxazole rings is 1. The van der Waals surface area contributed by atoms with E-state index in [2.05, 4.69) is 30.7 Å². The van der Waals surface area contributed by atoms with E-state index in [0.29, 0.717) is 5.89 Å². The van der Waals surface area contributed by atoms with Gasteiger partial charge in [-0.2, -0.15) is 0 Å². The van der Waals surface area contributed by atoms with Crippen LogP contribution >= 0.6 is 0 Å². The van der Waals surface area contributed by atoms with Crippen molar-refractivity contribution in [2.24, 2.45) is 0 Å². The normalized spacial score (nSPS) is 10.5. The molecule has 23 heavy (non-hydrogen) atoms. The van der Waals surface area contributed by atoms with Crippen LogP contribution < -0.4 is 0 Å². The second-order valence-corrected chi connectivity index (χ2v) is 6.47. The third-order valence-electron chi connectivity index (χ3n) is 4.18. The zero-order valence-corrected chi connectivity index (χ0v) is 15.3. The number of rotatable bonds is 13. The summed E-state index contributed by atoms with van der Waals surface area (Å²) in [6.45, 7) is 4.51. The van der Waals surface area contributed by atoms with Crippen LogP contribution in [0.3, 0.4) is 0 Å². The van der Waals surface area contributed by atoms with E-state index < -0.39 is 0 Å². The third kappa shape index (κ3) is 11.0. The molecule has 1 rings (SSSR count). The van der Waals surface area contributed by atoms with Crippen molar-refractivity contribution in [2.75, 3.05) is 0 Å². The smallest absolute Gasteiger partial charge is 0.273 e. The summed E-state index contributed by atoms with van der Waals surface area (Å²) in [5.41, 5.74) is 0. The van der Waals surface area contributed by atoms with Gasteiger partial charge in [0.1, 0.15) is 5.76 Å². The van der Waals surface area contributed by atoms with E-state index in [0.717, 1.165) is 18.6 Å². The molecule has 2 heteroatoms. The van der Waals surface area contributed by atoms with Crippen molar-refractivity contribution in [3.05, 3.63) is 17.8 Å². The first-order valence-electron chi connectivity index (χ1n) is 9.80. The number of aromatic nitrogens is 1. The van der Waals surface area contributed by atoms with Gasteiger partial charge in [-0.15, -0.1) is 0 Å². The maximum Gasteiger partial charge on any atom is 0.273 e. The first kappa shape index (κ1) is 19.8. The molecule has 0 aliphatic heterocycles. The lowest BCUT2D eigenvalue weighted by atomic mass is 10.1. The molecule has 0 fully saturated rings. The molecule has 1 heterocycles. The molecule has 1 aromatic heterocycles. The number of hydrogen-bond donors (Lipinski definition) is 0. The number of unbranched alkanes of at least 4 members (excludes halogenated alkanes) is 11. The minimum atomic E-state index is 0.594. The summed E-state index contributed by atoms with van der Waals surface area (Å²) in [6.07, 6.45) is 19.5. The lowest BCUT2D eigenvalue weighted by molar-refractivity contribution is 0.478. The summed E-state index contributed by atoms with van der Waals surface area (Å²) in [7, 11) is 0. The van der Waals surface area contributed by atoms with E-state index in [1.165, 1.54) is 77.0 Å². The highest BCUT2D eigenvalue weighted by Crippen LogP contribution is 2.11. The number of nitrogens with zero attached hydrogens (tertiary/aromatic N) is 1. The van der Waals surface area contributed by atoms with Crippen LogP contribution in [0.5, 0.6) is 0 Å². The van der Waals surface area contributed by atoms with E-state index in [4.69, 9.17) is 4.42 Å². The molecule has 0 aliphatic rings. The van der Waals surface area contributed by atoms with Crippen molar-refractivity contribution < 1.29 is 4.42 Å². The predicted molar refractivity (Wildman–Crippen MR) is 98.5 cm³/mol. The quantitative estimate of drug-likeness (QED) is 0.299. The summed E-state index contributed by atoms with van der Waals surface area (Å²) in [5, 5.41) is 0. The van der Waals surface area contributed by atoms with Crippen molar-refractivity contribution in [3.63, 3.8) is 0 Å². The second kappa shape index (κ2) is 14.4. The van der Waals surface area contributed by atoms with E-state index in [1.807, 2.05) is 6.20 Å². The largest absolute Gasteiger partial charge is 0.435 e. The molecular formula is C21H35NO. The Hall–Kier alpha value is -1.23. The van der Waals surface area contributed by atoms with Gasteiger partial charge in [-0.1, -0.05) is 84.0 Å². The van der Waals surface area contributed by atoms with Gasteiger partial charge < -0.3 is 4.42 Å². The van der Waals surface area contributed by atoms with Gasteiger partial charge in [0.05, 0.1) is 6.20 Å². The lowest BCUT2D eigenvalue weighted by Crippen LogP contribution is -1.83. The predicted octanol–water partition coefficient (Wildman–Crippen LogP) is 6.68. The average Bonchev–Trinajstić information content (AvgIpc) is 3.01. The van der Waals surface area contributed by atoms with Gasteiger partial charge in [-0.25, -0.2) is 4.98 Å². The standard InChI is InChI=1S/C21H35NO/c1-3-5-7-9-11-12-14-16-18-21-22-19-20(23-21)17-15-13-10-8-6-4-2/h19H,3-15,17H2,1-2H3. The molecule has 0 aromatic carbocycles. The van der Waals surface area contributed by atoms with Gasteiger partial charge in [-0.3, -0.25) is 0 Å². The Kier molecular flexibility index (Phi) is 12.4. The summed E-state index contributed by atoms with van der Waals surface area (Å²) in [4.78, 5) is 4.26. The molecule has 0 bridgehead atoms. The van der Waals surface area contributed by atoms with E-state index in [1.54, 1.807) is 0 Å². The molecule has 0 saturated heterocycles. The molecule has 0 spiro atoms. The zero-order chi connectivity index (χ0) is 16.6. The van der Waals surface area contributed by atoms with Crippen LogP contribution in [0.4, 0.5) is 0 Å². The topological polar surface area (TPSA) is 26.0 Å². The van der Waals surface area contributed by atoms with Crippen LogP contribution in [-0.2, 0) is 6.42 Å². The minimum absolute atomic E-state index is 0.594. The van der Waals surface area contributed by atoms with Crippen molar-refractivity contribution in [2.45, 2.75) is 104 Å². The van der Waals surface area contributed by atoms with Crippen LogP contribution in [-0.4, -0.2) is 4.98 Å². The van der Waals surface area contributed by atoms with Crippen LogP contribution in [0.25, 0.3) is 0 Å². The third-order valence-corrected chi connectivity index (χ3v) is 4.18. The summed E-state index contributed by atoms with van der Waals surface area (Å²) >= 11 is 0. The van der Waals surface area contributed by atoms with Gasteiger partial charge in [0.2, 0.25) is 0 Å². The maximum atomic E-state index is 5.69. The van der Waals surface area contributed by atoms with Crippen molar-refractivity contribution in [1.29, 1.82) is 0 Å². The Morgan fingerprint density at radius 3 is 2.13 bits per heavy atom. The highest BCUT2D eigenvalue weighted by Gasteiger charge is 2.01. The molecule has 0 aliphatic carbocycles. The van der Waals surface area contributed by atoms with Crippen LogP contribution in [0.1, 0.15) is 109 Å². The van der Waals surface area contributed by atoms with Gasteiger partial charge in [0.15, 0.2) is 0 Å². The summed E-state index contributed by atoms with van der Waals surface area (Å²) in [6, 6.07) is 0. The number of hydrogen-bond acceptors (Lipinski definition) is 2. The molecule has 0 N–H and O–H groups in total. The van der Waals surface area contributed by atoms with Crippen molar-refractivity contribution >= 4 is 0 Å². The molecule has 1 aromatic rings. The molecule has 0 atom stereocenters. The molecule has 130 valence electrons. The monoisotopic (exact) mass is 317 g/mol. The van der Waals surface area contributed by atoms with E-state index in [-0.39, 0.29) is 0 Å². The van der Waals surface area contributed by atoms with Crippen LogP contribution in [0.15, 0.2) is 10.6 Å². The molecule has 0 amide bonds. The molecule has 0 unspecified atom stereocenters. The fraction of sp³-hybridized carbons (Fsp3) is 0.762. The fourth-order valence-corrected chi connectivity index (χ4v) is 2.69. The van der Waals surface area contributed by atoms with Gasteiger partial charge >= 0.3 is 0 Å². The highest BCUT2D eigenvalue weighted by molar-refractivity contribution is 5.18. The number of aryl methyl sites for hydroxylation is 1. The lowest BCUT2D eigenvalue weighted by Gasteiger charge is -1.98. The Labute approximate surface area is 143 Å². The highest BCUT2D eigenvalue weighted by atomic mass is 16.4. The maximum absolute atomic E-state index is 5.69. The van der Waals surface area contributed by atoms with Crippen molar-refractivity contribution in [3.8, 4) is 11.8 Å². The van der Waals surface area contributed by atoms with E-state index >= 15 is 0 Å². The SMILES string of the molecule is CCCCCCCCC#Cc1ncc(CCCCCCCC)o1. The molecule has 2 nitrogen and oxygen atoms in total. The van der Waals surface area contributed by atoms with Gasteiger partial charge in [-0.05, 0) is 18.8 Å². The summed E-state index contributed by atoms with van der Waals surface area (Å²) in [5.74, 6) is 7.83. The second-order valence-electron chi connectivity index (χ2n) is 6.47. The van der Waals surface area contributed by atoms with Crippen LogP contribution in [0.2, 0.25) is 0 Å². The molecule has 0 radical (unpaired) electrons. The van der Waals surface area contributed by atoms with Gasteiger partial charge in [0, 0.05) is 12.8 Å². The fourth-order valence-electron chi connectivity index (χ4n) is 2.69. The average molecular weight is 318 g/mol. The zero-order valence-electron chi connectivity index (χ0n) is 15.3. The Morgan fingerprint density at radius 1 is 0.826 bits per heavy atom. The minimum Gasteiger partial charge on any atom is -0.435 e.